The Labute approximate surface area is 255 Å². The molecule has 0 aliphatic carbocycles. The Bertz CT molecular complexity index is 1500. The van der Waals surface area contributed by atoms with E-state index in [0.717, 1.165) is 5.56 Å². The van der Waals surface area contributed by atoms with Crippen molar-refractivity contribution in [3.8, 4) is 11.5 Å². The summed E-state index contributed by atoms with van der Waals surface area (Å²) in [6.07, 6.45) is 2.20. The van der Waals surface area contributed by atoms with Crippen molar-refractivity contribution < 1.29 is 28.7 Å². The first-order valence-electron chi connectivity index (χ1n) is 14.5. The summed E-state index contributed by atoms with van der Waals surface area (Å²) in [6, 6.07) is 11.1. The zero-order valence-corrected chi connectivity index (χ0v) is 25.1. The Morgan fingerprint density at radius 1 is 0.977 bits per heavy atom. The Hall–Kier alpha value is -4.94. The van der Waals surface area contributed by atoms with Gasteiger partial charge in [0.05, 0.1) is 33.0 Å². The smallest absolute Gasteiger partial charge is 0.254 e. The molecule has 0 unspecified atom stereocenters. The second-order valence-corrected chi connectivity index (χ2v) is 11.4. The Kier molecular flexibility index (Phi) is 9.12. The normalized spacial score (nSPS) is 22.4. The van der Waals surface area contributed by atoms with Crippen LogP contribution in [0.5, 0.6) is 11.5 Å². The number of hydrogen-bond acceptors (Lipinski definition) is 8. The van der Waals surface area contributed by atoms with Crippen LogP contribution in [-0.4, -0.2) is 82.4 Å². The topological polar surface area (TPSA) is 157 Å². The van der Waals surface area contributed by atoms with E-state index in [4.69, 9.17) is 9.47 Å². The molecule has 1 saturated heterocycles. The number of benzene rings is 2. The number of rotatable bonds is 6. The molecule has 2 aliphatic heterocycles. The number of ether oxygens (including phenoxy) is 2. The van der Waals surface area contributed by atoms with E-state index in [1.807, 2.05) is 44.2 Å². The fraction of sp³-hybridized carbons (Fsp3) is 0.419. The molecular weight excluding hydrogens is 566 g/mol. The number of aromatic nitrogens is 3. The van der Waals surface area contributed by atoms with Crippen molar-refractivity contribution in [3.63, 3.8) is 0 Å². The van der Waals surface area contributed by atoms with Crippen molar-refractivity contribution in [2.45, 2.75) is 57.4 Å². The monoisotopic (exact) mass is 603 g/mol. The van der Waals surface area contributed by atoms with Gasteiger partial charge in [-0.3, -0.25) is 19.2 Å². The average Bonchev–Trinajstić information content (AvgIpc) is 3.69. The Morgan fingerprint density at radius 3 is 2.34 bits per heavy atom. The van der Waals surface area contributed by atoms with Crippen molar-refractivity contribution in [3.05, 3.63) is 71.5 Å². The van der Waals surface area contributed by atoms with Crippen molar-refractivity contribution in [2.75, 3.05) is 20.8 Å². The number of hydrogen-bond donors (Lipinski definition) is 3. The molecule has 4 amide bonds. The van der Waals surface area contributed by atoms with Gasteiger partial charge in [0.15, 0.2) is 0 Å². The standard InChI is InChI=1S/C31H37N7O6/c1-18(2)27-30(41)33-25(10-19-8-6-5-7-9-19)28(39)32-15-21-16-38(36-35-21)22-13-26(29(40)34-27)37(17-22)31(42)20-11-23(43-3)14-24(12-20)44-4/h5-9,11-12,14,16,18,22,25-27H,10,13,15,17H2,1-4H3,(H,32,39)(H,33,41)(H,34,40)/t22-,25+,26-,27-/m0/s1. The third kappa shape index (κ3) is 6.66. The second-order valence-electron chi connectivity index (χ2n) is 11.4. The summed E-state index contributed by atoms with van der Waals surface area (Å²) in [6.45, 7) is 3.88. The van der Waals surface area contributed by atoms with Crippen LogP contribution in [0.15, 0.2) is 54.7 Å². The van der Waals surface area contributed by atoms with E-state index in [1.54, 1.807) is 29.1 Å². The first-order valence-corrected chi connectivity index (χ1v) is 14.5. The highest BCUT2D eigenvalue weighted by molar-refractivity contribution is 6.00. The number of carbonyl (C=O) groups excluding carboxylic acids is 4. The van der Waals surface area contributed by atoms with Crippen LogP contribution < -0.4 is 25.4 Å². The van der Waals surface area contributed by atoms with E-state index in [0.29, 0.717) is 17.2 Å². The minimum Gasteiger partial charge on any atom is -0.497 e. The summed E-state index contributed by atoms with van der Waals surface area (Å²) in [4.78, 5) is 56.2. The molecule has 0 saturated carbocycles. The van der Waals surface area contributed by atoms with Gasteiger partial charge in [-0.25, -0.2) is 4.68 Å². The maximum absolute atomic E-state index is 13.9. The lowest BCUT2D eigenvalue weighted by Crippen LogP contribution is -2.58. The molecule has 13 heteroatoms. The zero-order chi connectivity index (χ0) is 31.4. The molecule has 1 aromatic heterocycles. The van der Waals surface area contributed by atoms with Crippen molar-refractivity contribution in [2.24, 2.45) is 5.92 Å². The highest BCUT2D eigenvalue weighted by Gasteiger charge is 2.43. The van der Waals surface area contributed by atoms with Crippen LogP contribution in [0.25, 0.3) is 0 Å². The highest BCUT2D eigenvalue weighted by atomic mass is 16.5. The minimum atomic E-state index is -0.955. The molecule has 0 radical (unpaired) electrons. The van der Waals surface area contributed by atoms with E-state index >= 15 is 0 Å². The molecule has 1 fully saturated rings. The maximum Gasteiger partial charge on any atom is 0.254 e. The van der Waals surface area contributed by atoms with Gasteiger partial charge < -0.3 is 30.3 Å². The lowest BCUT2D eigenvalue weighted by atomic mass is 10.00. The number of carbonyl (C=O) groups is 4. The predicted molar refractivity (Wildman–Crippen MR) is 159 cm³/mol. The van der Waals surface area contributed by atoms with Crippen molar-refractivity contribution >= 4 is 23.6 Å². The summed E-state index contributed by atoms with van der Waals surface area (Å²) in [5, 5.41) is 17.0. The second kappa shape index (κ2) is 13.1. The lowest BCUT2D eigenvalue weighted by Gasteiger charge is -2.29. The van der Waals surface area contributed by atoms with Gasteiger partial charge in [-0.15, -0.1) is 5.10 Å². The predicted octanol–water partition coefficient (Wildman–Crippen LogP) is 1.25. The molecule has 4 bridgehead atoms. The van der Waals surface area contributed by atoms with Crippen molar-refractivity contribution in [1.82, 2.24) is 35.8 Å². The number of amides is 4. The molecule has 2 aliphatic rings. The van der Waals surface area contributed by atoms with Gasteiger partial charge in [-0.05, 0) is 23.6 Å². The molecular formula is C31H37N7O6. The van der Waals surface area contributed by atoms with Gasteiger partial charge in [-0.2, -0.15) is 0 Å². The number of nitrogens with one attached hydrogen (secondary N) is 3. The molecule has 5 rings (SSSR count). The lowest BCUT2D eigenvalue weighted by molar-refractivity contribution is -0.134. The quantitative estimate of drug-likeness (QED) is 0.380. The minimum absolute atomic E-state index is 0.0905. The Balaban J connectivity index is 1.48. The number of methoxy groups -OCH3 is 2. The molecule has 0 spiro atoms. The number of fused-ring (bicyclic) bond motifs is 5. The first-order chi connectivity index (χ1) is 21.2. The third-order valence-electron chi connectivity index (χ3n) is 7.98. The maximum atomic E-state index is 13.9. The molecule has 3 aromatic rings. The van der Waals surface area contributed by atoms with Gasteiger partial charge in [-0.1, -0.05) is 49.4 Å². The van der Waals surface area contributed by atoms with Crippen LogP contribution in [0.3, 0.4) is 0 Å². The number of likely N-dealkylation sites (tertiary alicyclic amines) is 1. The SMILES string of the molecule is COc1cc(OC)cc(C(=O)N2C[C@@H]3C[C@H]2C(=O)N[C@@H](C(C)C)C(=O)N[C@H](Cc2ccccc2)C(=O)NCc2cn3nn2)c1. The highest BCUT2D eigenvalue weighted by Crippen LogP contribution is 2.31. The molecule has 4 atom stereocenters. The number of nitrogens with zero attached hydrogens (tertiary/aromatic N) is 4. The Morgan fingerprint density at radius 2 is 1.68 bits per heavy atom. The molecule has 44 heavy (non-hydrogen) atoms. The fourth-order valence-corrected chi connectivity index (χ4v) is 5.55. The third-order valence-corrected chi connectivity index (χ3v) is 7.98. The van der Waals surface area contributed by atoms with Crippen molar-refractivity contribution in [1.29, 1.82) is 0 Å². The summed E-state index contributed by atoms with van der Waals surface area (Å²) in [5.41, 5.74) is 1.65. The van der Waals surface area contributed by atoms with Gasteiger partial charge in [0, 0.05) is 31.0 Å². The first kappa shape index (κ1) is 30.5. The van der Waals surface area contributed by atoms with Gasteiger partial charge >= 0.3 is 0 Å². The van der Waals surface area contributed by atoms with Crippen LogP contribution in [0.2, 0.25) is 0 Å². The van der Waals surface area contributed by atoms with E-state index in [9.17, 15) is 19.2 Å². The van der Waals surface area contributed by atoms with Crippen LogP contribution in [0, 0.1) is 5.92 Å². The van der Waals surface area contributed by atoms with E-state index in [1.165, 1.54) is 19.1 Å². The van der Waals surface area contributed by atoms with Crippen LogP contribution >= 0.6 is 0 Å². The molecule has 13 nitrogen and oxygen atoms in total. The van der Waals surface area contributed by atoms with Crippen LogP contribution in [0.1, 0.15) is 47.9 Å². The molecule has 3 heterocycles. The molecule has 3 N–H and O–H groups in total. The molecule has 2 aromatic carbocycles. The average molecular weight is 604 g/mol. The fourth-order valence-electron chi connectivity index (χ4n) is 5.55. The summed E-state index contributed by atoms with van der Waals surface area (Å²) in [7, 11) is 2.98. The largest absolute Gasteiger partial charge is 0.497 e. The summed E-state index contributed by atoms with van der Waals surface area (Å²) in [5.74, 6) is -1.19. The summed E-state index contributed by atoms with van der Waals surface area (Å²) < 4.78 is 12.3. The van der Waals surface area contributed by atoms with Gasteiger partial charge in [0.25, 0.3) is 5.91 Å². The van der Waals surface area contributed by atoms with Gasteiger partial charge in [0.1, 0.15) is 35.3 Å². The summed E-state index contributed by atoms with van der Waals surface area (Å²) >= 11 is 0. The van der Waals surface area contributed by atoms with E-state index in [-0.39, 0.29) is 49.4 Å². The van der Waals surface area contributed by atoms with E-state index in [2.05, 4.69) is 26.3 Å². The zero-order valence-electron chi connectivity index (χ0n) is 25.1. The molecule has 232 valence electrons. The van der Waals surface area contributed by atoms with E-state index < -0.39 is 35.8 Å². The van der Waals surface area contributed by atoms with Crippen LogP contribution in [-0.2, 0) is 27.3 Å². The van der Waals surface area contributed by atoms with Gasteiger partial charge in [0.2, 0.25) is 17.7 Å². The van der Waals surface area contributed by atoms with Crippen LogP contribution in [0.4, 0.5) is 0 Å².